The molecule has 1 heterocycles. The molecular weight excluding hydrogens is 166 g/mol. The summed E-state index contributed by atoms with van der Waals surface area (Å²) >= 11 is 0. The van der Waals surface area contributed by atoms with E-state index in [-0.39, 0.29) is 0 Å². The molecule has 1 N–H and O–H groups in total. The van der Waals surface area contributed by atoms with Crippen molar-refractivity contribution in [1.29, 1.82) is 0 Å². The molecule has 1 aliphatic heterocycles. The minimum Gasteiger partial charge on any atom is -0.382 e. The van der Waals surface area contributed by atoms with Crippen molar-refractivity contribution in [2.45, 2.75) is 32.3 Å². The molecule has 0 spiro atoms. The van der Waals surface area contributed by atoms with E-state index in [0.717, 1.165) is 39.3 Å². The average molecular weight is 187 g/mol. The van der Waals surface area contributed by atoms with Gasteiger partial charge in [0, 0.05) is 26.4 Å². The highest BCUT2D eigenvalue weighted by molar-refractivity contribution is 4.68. The molecule has 1 atom stereocenters. The lowest BCUT2D eigenvalue weighted by atomic mass is 10.1. The van der Waals surface area contributed by atoms with Gasteiger partial charge in [-0.3, -0.25) is 0 Å². The van der Waals surface area contributed by atoms with Gasteiger partial charge in [0.15, 0.2) is 0 Å². The number of rotatable bonds is 6. The summed E-state index contributed by atoms with van der Waals surface area (Å²) in [6.07, 6.45) is 3.91. The quantitative estimate of drug-likeness (QED) is 0.633. The van der Waals surface area contributed by atoms with Crippen molar-refractivity contribution in [2.24, 2.45) is 0 Å². The standard InChI is InChI=1S/C10H21NO2/c1-2-12-7-4-8-13-10-5-3-6-11-9-10/h10-11H,2-9H2,1H3/t10-/m0/s1. The van der Waals surface area contributed by atoms with Crippen molar-refractivity contribution < 1.29 is 9.47 Å². The SMILES string of the molecule is CCOCCCO[C@H]1CCCNC1. The first-order valence-electron chi connectivity index (χ1n) is 5.33. The Bertz CT molecular complexity index is 113. The molecule has 0 radical (unpaired) electrons. The van der Waals surface area contributed by atoms with Crippen molar-refractivity contribution >= 4 is 0 Å². The zero-order valence-corrected chi connectivity index (χ0v) is 8.55. The summed E-state index contributed by atoms with van der Waals surface area (Å²) in [5.41, 5.74) is 0. The maximum absolute atomic E-state index is 5.69. The average Bonchev–Trinajstić information content (AvgIpc) is 2.19. The van der Waals surface area contributed by atoms with Crippen LogP contribution in [-0.4, -0.2) is 39.0 Å². The van der Waals surface area contributed by atoms with Gasteiger partial charge in [0.1, 0.15) is 0 Å². The van der Waals surface area contributed by atoms with E-state index in [2.05, 4.69) is 5.32 Å². The van der Waals surface area contributed by atoms with Crippen molar-refractivity contribution in [3.05, 3.63) is 0 Å². The Morgan fingerprint density at radius 1 is 1.38 bits per heavy atom. The predicted molar refractivity (Wildman–Crippen MR) is 53.0 cm³/mol. The van der Waals surface area contributed by atoms with E-state index in [4.69, 9.17) is 9.47 Å². The first kappa shape index (κ1) is 11.0. The van der Waals surface area contributed by atoms with Crippen LogP contribution in [0.1, 0.15) is 26.2 Å². The summed E-state index contributed by atoms with van der Waals surface area (Å²) in [4.78, 5) is 0. The van der Waals surface area contributed by atoms with Crippen LogP contribution in [0, 0.1) is 0 Å². The van der Waals surface area contributed by atoms with Crippen LogP contribution in [0.2, 0.25) is 0 Å². The van der Waals surface area contributed by atoms with Gasteiger partial charge in [-0.2, -0.15) is 0 Å². The summed E-state index contributed by atoms with van der Waals surface area (Å²) in [6, 6.07) is 0. The maximum Gasteiger partial charge on any atom is 0.0699 e. The van der Waals surface area contributed by atoms with Gasteiger partial charge in [-0.05, 0) is 32.7 Å². The molecule has 0 aromatic carbocycles. The van der Waals surface area contributed by atoms with Gasteiger partial charge in [0.2, 0.25) is 0 Å². The van der Waals surface area contributed by atoms with Crippen LogP contribution in [0.3, 0.4) is 0 Å². The first-order chi connectivity index (χ1) is 6.43. The molecule has 0 aromatic rings. The Kier molecular flexibility index (Phi) is 6.15. The Morgan fingerprint density at radius 2 is 2.31 bits per heavy atom. The molecule has 0 aromatic heterocycles. The molecule has 3 nitrogen and oxygen atoms in total. The third-order valence-corrected chi connectivity index (χ3v) is 2.24. The summed E-state index contributed by atoms with van der Waals surface area (Å²) in [5, 5.41) is 3.33. The van der Waals surface area contributed by atoms with E-state index >= 15 is 0 Å². The van der Waals surface area contributed by atoms with Crippen molar-refractivity contribution in [3.8, 4) is 0 Å². The van der Waals surface area contributed by atoms with Crippen molar-refractivity contribution in [3.63, 3.8) is 0 Å². The highest BCUT2D eigenvalue weighted by Crippen LogP contribution is 2.05. The van der Waals surface area contributed by atoms with Crippen LogP contribution in [0.15, 0.2) is 0 Å². The molecule has 0 saturated carbocycles. The highest BCUT2D eigenvalue weighted by Gasteiger charge is 2.12. The van der Waals surface area contributed by atoms with Gasteiger partial charge in [-0.15, -0.1) is 0 Å². The van der Waals surface area contributed by atoms with E-state index < -0.39 is 0 Å². The highest BCUT2D eigenvalue weighted by atomic mass is 16.5. The van der Waals surface area contributed by atoms with Crippen LogP contribution in [0.4, 0.5) is 0 Å². The lowest BCUT2D eigenvalue weighted by molar-refractivity contribution is 0.0222. The Balaban J connectivity index is 1.86. The molecular formula is C10H21NO2. The van der Waals surface area contributed by atoms with E-state index in [1.807, 2.05) is 6.92 Å². The first-order valence-corrected chi connectivity index (χ1v) is 5.33. The fourth-order valence-corrected chi connectivity index (χ4v) is 1.52. The van der Waals surface area contributed by atoms with Gasteiger partial charge < -0.3 is 14.8 Å². The lowest BCUT2D eigenvalue weighted by Gasteiger charge is -2.22. The number of nitrogens with one attached hydrogen (secondary N) is 1. The molecule has 0 unspecified atom stereocenters. The molecule has 0 amide bonds. The molecule has 1 fully saturated rings. The third-order valence-electron chi connectivity index (χ3n) is 2.24. The van der Waals surface area contributed by atoms with Crippen LogP contribution in [-0.2, 0) is 9.47 Å². The van der Waals surface area contributed by atoms with Crippen LogP contribution < -0.4 is 5.32 Å². The van der Waals surface area contributed by atoms with E-state index in [9.17, 15) is 0 Å². The molecule has 0 aliphatic carbocycles. The van der Waals surface area contributed by atoms with Crippen molar-refractivity contribution in [2.75, 3.05) is 32.9 Å². The number of hydrogen-bond donors (Lipinski definition) is 1. The molecule has 1 saturated heterocycles. The van der Waals surface area contributed by atoms with Gasteiger partial charge in [-0.25, -0.2) is 0 Å². The summed E-state index contributed by atoms with van der Waals surface area (Å²) in [7, 11) is 0. The Labute approximate surface area is 80.8 Å². The topological polar surface area (TPSA) is 30.5 Å². The second-order valence-corrected chi connectivity index (χ2v) is 3.39. The van der Waals surface area contributed by atoms with Crippen LogP contribution in [0.5, 0.6) is 0 Å². The smallest absolute Gasteiger partial charge is 0.0699 e. The molecule has 1 rings (SSSR count). The Morgan fingerprint density at radius 3 is 3.00 bits per heavy atom. The number of ether oxygens (including phenoxy) is 2. The van der Waals surface area contributed by atoms with E-state index in [0.29, 0.717) is 6.10 Å². The van der Waals surface area contributed by atoms with Crippen molar-refractivity contribution in [1.82, 2.24) is 5.32 Å². The molecule has 13 heavy (non-hydrogen) atoms. The zero-order valence-electron chi connectivity index (χ0n) is 8.55. The lowest BCUT2D eigenvalue weighted by Crippen LogP contribution is -2.35. The predicted octanol–water partition coefficient (Wildman–Crippen LogP) is 1.18. The Hall–Kier alpha value is -0.120. The van der Waals surface area contributed by atoms with Gasteiger partial charge in [-0.1, -0.05) is 0 Å². The van der Waals surface area contributed by atoms with Gasteiger partial charge in [0.05, 0.1) is 6.10 Å². The summed E-state index contributed by atoms with van der Waals surface area (Å²) < 4.78 is 10.9. The van der Waals surface area contributed by atoms with Gasteiger partial charge in [0.25, 0.3) is 0 Å². The molecule has 78 valence electrons. The molecule has 1 aliphatic rings. The van der Waals surface area contributed by atoms with Crippen LogP contribution in [0.25, 0.3) is 0 Å². The monoisotopic (exact) mass is 187 g/mol. The number of piperidine rings is 1. The number of hydrogen-bond acceptors (Lipinski definition) is 3. The summed E-state index contributed by atoms with van der Waals surface area (Å²) in [6.45, 7) is 6.67. The second-order valence-electron chi connectivity index (χ2n) is 3.39. The van der Waals surface area contributed by atoms with Gasteiger partial charge >= 0.3 is 0 Å². The largest absolute Gasteiger partial charge is 0.382 e. The fraction of sp³-hybridized carbons (Fsp3) is 1.00. The maximum atomic E-state index is 5.69. The zero-order chi connectivity index (χ0) is 9.36. The molecule has 3 heteroatoms. The molecule has 0 bridgehead atoms. The fourth-order valence-electron chi connectivity index (χ4n) is 1.52. The second kappa shape index (κ2) is 7.30. The minimum absolute atomic E-state index is 0.440. The summed E-state index contributed by atoms with van der Waals surface area (Å²) in [5.74, 6) is 0. The van der Waals surface area contributed by atoms with E-state index in [1.54, 1.807) is 0 Å². The minimum atomic E-state index is 0.440. The normalized spacial score (nSPS) is 23.3. The van der Waals surface area contributed by atoms with E-state index in [1.165, 1.54) is 12.8 Å². The van der Waals surface area contributed by atoms with Crippen LogP contribution >= 0.6 is 0 Å². The third kappa shape index (κ3) is 5.24.